The van der Waals surface area contributed by atoms with E-state index in [-0.39, 0.29) is 47.0 Å². The minimum absolute atomic E-state index is 0.0182. The van der Waals surface area contributed by atoms with Crippen LogP contribution in [0.3, 0.4) is 0 Å². The molecule has 1 aromatic heterocycles. The lowest BCUT2D eigenvalue weighted by Gasteiger charge is -2.31. The average Bonchev–Trinajstić information content (AvgIpc) is 3.24. The second kappa shape index (κ2) is 11.9. The van der Waals surface area contributed by atoms with E-state index < -0.39 is 17.9 Å². The van der Waals surface area contributed by atoms with Crippen LogP contribution in [0.2, 0.25) is 10.0 Å². The van der Waals surface area contributed by atoms with Crippen LogP contribution in [0.5, 0.6) is 0 Å². The highest BCUT2D eigenvalue weighted by atomic mass is 35.5. The number of hydrogen-bond acceptors (Lipinski definition) is 10. The lowest BCUT2D eigenvalue weighted by atomic mass is 9.80. The number of halogens is 2. The first kappa shape index (κ1) is 26.3. The highest BCUT2D eigenvalue weighted by Gasteiger charge is 2.40. The fraction of sp³-hybridized carbons (Fsp3) is 0.364. The standard InChI is InChI=1S/C22H26Cl2N6O5/c1-4-35-20(32)15-11(2)27-14(10-34-9-8-26-22-28-21(25)29-30-22)17(19(31)33-3)16(15)12-6-5-7-13(23)18(12)24/h5-7,16,27H,4,8-10H2,1-3H3,(H4,25,26,28,29,30). The molecule has 11 nitrogen and oxygen atoms in total. The van der Waals surface area contributed by atoms with Crippen LogP contribution in [0.15, 0.2) is 40.7 Å². The smallest absolute Gasteiger partial charge is 0.336 e. The number of carbonyl (C=O) groups excluding carboxylic acids is 2. The third-order valence-corrected chi connectivity index (χ3v) is 5.95. The number of carbonyl (C=O) groups is 2. The second-order valence-corrected chi connectivity index (χ2v) is 8.15. The van der Waals surface area contributed by atoms with E-state index in [0.29, 0.717) is 29.5 Å². The molecule has 35 heavy (non-hydrogen) atoms. The number of aromatic amines is 1. The van der Waals surface area contributed by atoms with Gasteiger partial charge in [-0.3, -0.25) is 0 Å². The molecule has 0 radical (unpaired) electrons. The number of rotatable bonds is 10. The highest BCUT2D eigenvalue weighted by Crippen LogP contribution is 2.43. The van der Waals surface area contributed by atoms with Crippen molar-refractivity contribution in [2.45, 2.75) is 19.8 Å². The Morgan fingerprint density at radius 3 is 2.66 bits per heavy atom. The Balaban J connectivity index is 1.93. The van der Waals surface area contributed by atoms with Crippen LogP contribution in [0.25, 0.3) is 0 Å². The van der Waals surface area contributed by atoms with Crippen molar-refractivity contribution in [3.63, 3.8) is 0 Å². The molecule has 2 aromatic rings. The van der Waals surface area contributed by atoms with Gasteiger partial charge in [0.25, 0.3) is 0 Å². The van der Waals surface area contributed by atoms with E-state index in [1.165, 1.54) is 7.11 Å². The molecule has 0 saturated heterocycles. The Bertz CT molecular complexity index is 1160. The number of nitrogens with one attached hydrogen (secondary N) is 3. The van der Waals surface area contributed by atoms with E-state index in [0.717, 1.165) is 0 Å². The van der Waals surface area contributed by atoms with Gasteiger partial charge in [-0.25, -0.2) is 14.7 Å². The lowest BCUT2D eigenvalue weighted by Crippen LogP contribution is -2.35. The number of allylic oxidation sites excluding steroid dienone is 1. The van der Waals surface area contributed by atoms with Gasteiger partial charge in [-0.2, -0.15) is 4.98 Å². The van der Waals surface area contributed by atoms with Gasteiger partial charge < -0.3 is 30.6 Å². The normalized spacial score (nSPS) is 15.6. The van der Waals surface area contributed by atoms with Crippen LogP contribution < -0.4 is 16.4 Å². The number of benzene rings is 1. The first-order chi connectivity index (χ1) is 16.8. The summed E-state index contributed by atoms with van der Waals surface area (Å²) >= 11 is 12.8. The van der Waals surface area contributed by atoms with Crippen LogP contribution in [0.1, 0.15) is 25.3 Å². The average molecular weight is 525 g/mol. The Morgan fingerprint density at radius 1 is 1.23 bits per heavy atom. The maximum absolute atomic E-state index is 13.0. The summed E-state index contributed by atoms with van der Waals surface area (Å²) in [5, 5.41) is 13.0. The first-order valence-corrected chi connectivity index (χ1v) is 11.4. The van der Waals surface area contributed by atoms with E-state index >= 15 is 0 Å². The summed E-state index contributed by atoms with van der Waals surface area (Å²) in [5.41, 5.74) is 7.26. The van der Waals surface area contributed by atoms with Crippen molar-refractivity contribution >= 4 is 47.0 Å². The molecule has 0 amide bonds. The van der Waals surface area contributed by atoms with Crippen molar-refractivity contribution < 1.29 is 23.8 Å². The van der Waals surface area contributed by atoms with Crippen molar-refractivity contribution in [1.29, 1.82) is 0 Å². The number of esters is 2. The number of nitrogens with two attached hydrogens (primary N) is 1. The molecule has 1 unspecified atom stereocenters. The number of methoxy groups -OCH3 is 1. The van der Waals surface area contributed by atoms with Gasteiger partial charge in [-0.1, -0.05) is 35.3 Å². The summed E-state index contributed by atoms with van der Waals surface area (Å²) in [6.07, 6.45) is 0. The third kappa shape index (κ3) is 6.05. The molecule has 13 heteroatoms. The van der Waals surface area contributed by atoms with Crippen molar-refractivity contribution in [2.75, 3.05) is 44.5 Å². The minimum atomic E-state index is -0.887. The molecular formula is C22H26Cl2N6O5. The number of aromatic nitrogens is 3. The SMILES string of the molecule is CCOC(=O)C1=C(C)NC(COCCNc2n[nH]c(N)n2)=C(C(=O)OC)C1c1cccc(Cl)c1Cl. The molecule has 188 valence electrons. The molecule has 5 N–H and O–H groups in total. The molecule has 0 aliphatic carbocycles. The predicted octanol–water partition coefficient (Wildman–Crippen LogP) is 2.77. The molecule has 1 atom stereocenters. The van der Waals surface area contributed by atoms with Crippen LogP contribution >= 0.6 is 23.2 Å². The maximum Gasteiger partial charge on any atom is 0.336 e. The molecule has 0 bridgehead atoms. The Kier molecular flexibility index (Phi) is 8.96. The number of nitrogens with zero attached hydrogens (tertiary/aromatic N) is 2. The van der Waals surface area contributed by atoms with Gasteiger partial charge in [0, 0.05) is 12.2 Å². The molecule has 0 fully saturated rings. The Labute approximate surface area is 212 Å². The van der Waals surface area contributed by atoms with E-state index in [2.05, 4.69) is 25.8 Å². The van der Waals surface area contributed by atoms with Crippen molar-refractivity contribution in [3.8, 4) is 0 Å². The summed E-state index contributed by atoms with van der Waals surface area (Å²) in [6, 6.07) is 5.01. The number of H-pyrrole nitrogens is 1. The molecule has 2 heterocycles. The summed E-state index contributed by atoms with van der Waals surface area (Å²) in [7, 11) is 1.26. The van der Waals surface area contributed by atoms with Gasteiger partial charge in [-0.05, 0) is 25.5 Å². The van der Waals surface area contributed by atoms with Gasteiger partial charge in [0.1, 0.15) is 0 Å². The summed E-state index contributed by atoms with van der Waals surface area (Å²) < 4.78 is 16.1. The molecule has 0 spiro atoms. The maximum atomic E-state index is 13.0. The van der Waals surface area contributed by atoms with E-state index in [1.54, 1.807) is 32.0 Å². The Morgan fingerprint density at radius 2 is 2.00 bits per heavy atom. The van der Waals surface area contributed by atoms with Gasteiger partial charge in [0.15, 0.2) is 0 Å². The molecule has 3 rings (SSSR count). The zero-order chi connectivity index (χ0) is 25.5. The third-order valence-electron chi connectivity index (χ3n) is 5.12. The molecule has 1 aliphatic rings. The lowest BCUT2D eigenvalue weighted by molar-refractivity contribution is -0.139. The zero-order valence-corrected chi connectivity index (χ0v) is 20.9. The van der Waals surface area contributed by atoms with Gasteiger partial charge in [0.2, 0.25) is 11.9 Å². The van der Waals surface area contributed by atoms with E-state index in [4.69, 9.17) is 43.1 Å². The fourth-order valence-electron chi connectivity index (χ4n) is 3.66. The van der Waals surface area contributed by atoms with Gasteiger partial charge in [0.05, 0.1) is 59.7 Å². The van der Waals surface area contributed by atoms with Gasteiger partial charge in [-0.15, -0.1) is 5.10 Å². The Hall–Kier alpha value is -3.28. The quantitative estimate of drug-likeness (QED) is 0.269. The van der Waals surface area contributed by atoms with Crippen molar-refractivity contribution in [1.82, 2.24) is 20.5 Å². The number of hydrogen-bond donors (Lipinski definition) is 4. The monoisotopic (exact) mass is 524 g/mol. The molecule has 0 saturated carbocycles. The van der Waals surface area contributed by atoms with Crippen LogP contribution in [-0.4, -0.2) is 60.6 Å². The van der Waals surface area contributed by atoms with Crippen LogP contribution in [0, 0.1) is 0 Å². The van der Waals surface area contributed by atoms with E-state index in [9.17, 15) is 9.59 Å². The summed E-state index contributed by atoms with van der Waals surface area (Å²) in [4.78, 5) is 29.9. The number of ether oxygens (including phenoxy) is 3. The predicted molar refractivity (Wildman–Crippen MR) is 131 cm³/mol. The number of nitrogen functional groups attached to an aromatic ring is 1. The first-order valence-electron chi connectivity index (χ1n) is 10.7. The van der Waals surface area contributed by atoms with Crippen molar-refractivity contribution in [2.24, 2.45) is 0 Å². The summed E-state index contributed by atoms with van der Waals surface area (Å²) in [5.74, 6) is -1.60. The number of anilines is 2. The second-order valence-electron chi connectivity index (χ2n) is 7.37. The molecule has 1 aliphatic heterocycles. The fourth-order valence-corrected chi connectivity index (χ4v) is 4.07. The van der Waals surface area contributed by atoms with E-state index in [1.807, 2.05) is 0 Å². The number of dihydropyridines is 1. The zero-order valence-electron chi connectivity index (χ0n) is 19.4. The van der Waals surface area contributed by atoms with Gasteiger partial charge >= 0.3 is 11.9 Å². The van der Waals surface area contributed by atoms with Crippen molar-refractivity contribution in [3.05, 3.63) is 56.3 Å². The molecule has 1 aromatic carbocycles. The molecular weight excluding hydrogens is 499 g/mol. The highest BCUT2D eigenvalue weighted by molar-refractivity contribution is 6.42. The minimum Gasteiger partial charge on any atom is -0.466 e. The summed E-state index contributed by atoms with van der Waals surface area (Å²) in [6.45, 7) is 4.21. The van der Waals surface area contributed by atoms with Crippen LogP contribution in [-0.2, 0) is 23.8 Å². The largest absolute Gasteiger partial charge is 0.466 e. The topological polar surface area (TPSA) is 153 Å². The van der Waals surface area contributed by atoms with Crippen LogP contribution in [0.4, 0.5) is 11.9 Å².